The molecule has 1 heterocycles. The van der Waals surface area contributed by atoms with Crippen LogP contribution < -0.4 is 10.0 Å². The quantitative estimate of drug-likeness (QED) is 0.542. The second-order valence-corrected chi connectivity index (χ2v) is 9.52. The first-order valence-corrected chi connectivity index (χ1v) is 11.5. The lowest BCUT2D eigenvalue weighted by Crippen LogP contribution is -2.29. The van der Waals surface area contributed by atoms with Gasteiger partial charge in [0.05, 0.1) is 11.3 Å². The van der Waals surface area contributed by atoms with E-state index in [4.69, 9.17) is 5.26 Å². The lowest BCUT2D eigenvalue weighted by molar-refractivity contribution is 0.422. The average Bonchev–Trinajstić information content (AvgIpc) is 3.29. The molecule has 0 bridgehead atoms. The van der Waals surface area contributed by atoms with Crippen molar-refractivity contribution in [2.45, 2.75) is 77.5 Å². The summed E-state index contributed by atoms with van der Waals surface area (Å²) in [5.74, 6) is 0. The van der Waals surface area contributed by atoms with Crippen molar-refractivity contribution >= 4 is 17.6 Å². The molecule has 0 atom stereocenters. The van der Waals surface area contributed by atoms with Crippen molar-refractivity contribution < 1.29 is 0 Å². The van der Waals surface area contributed by atoms with Crippen LogP contribution in [0, 0.1) is 11.3 Å². The fourth-order valence-electron chi connectivity index (χ4n) is 2.97. The molecular formula is C24H38N4S. The predicted octanol–water partition coefficient (Wildman–Crippen LogP) is 6.77. The molecule has 0 unspecified atom stereocenters. The highest BCUT2D eigenvalue weighted by molar-refractivity contribution is 7.98. The van der Waals surface area contributed by atoms with Crippen LogP contribution in [0.3, 0.4) is 0 Å². The van der Waals surface area contributed by atoms with E-state index in [-0.39, 0.29) is 0 Å². The Labute approximate surface area is 182 Å². The van der Waals surface area contributed by atoms with Gasteiger partial charge in [0.1, 0.15) is 6.07 Å². The molecule has 0 aliphatic heterocycles. The molecule has 0 radical (unpaired) electrons. The van der Waals surface area contributed by atoms with Gasteiger partial charge in [-0.3, -0.25) is 4.72 Å². The normalized spacial score (nSPS) is 14.0. The number of aromatic nitrogens is 1. The summed E-state index contributed by atoms with van der Waals surface area (Å²) in [6, 6.07) is 12.5. The summed E-state index contributed by atoms with van der Waals surface area (Å²) in [6.45, 7) is 10.8. The van der Waals surface area contributed by atoms with Crippen molar-refractivity contribution in [3.8, 4) is 11.8 Å². The Hall–Kier alpha value is -1.90. The van der Waals surface area contributed by atoms with E-state index in [0.717, 1.165) is 17.4 Å². The molecular weight excluding hydrogens is 376 g/mol. The van der Waals surface area contributed by atoms with Gasteiger partial charge in [0, 0.05) is 35.9 Å². The van der Waals surface area contributed by atoms with Gasteiger partial charge in [0.2, 0.25) is 0 Å². The molecule has 1 aromatic carbocycles. The summed E-state index contributed by atoms with van der Waals surface area (Å²) in [7, 11) is 1.86. The molecule has 0 amide bonds. The first-order chi connectivity index (χ1) is 13.9. The number of nitrogens with zero attached hydrogens (tertiary/aromatic N) is 2. The third kappa shape index (κ3) is 9.43. The van der Waals surface area contributed by atoms with Crippen molar-refractivity contribution in [1.82, 2.24) is 9.29 Å². The van der Waals surface area contributed by atoms with Crippen LogP contribution >= 0.6 is 11.9 Å². The number of nitrogens with one attached hydrogen (secondary N) is 2. The molecule has 1 aliphatic rings. The highest BCUT2D eigenvalue weighted by atomic mass is 32.2. The fourth-order valence-corrected chi connectivity index (χ4v) is 3.73. The topological polar surface area (TPSA) is 52.8 Å². The maximum absolute atomic E-state index is 9.00. The monoisotopic (exact) mass is 414 g/mol. The maximum Gasteiger partial charge on any atom is 0.101 e. The Balaban J connectivity index is 0.000000273. The fraction of sp³-hybridized carbons (Fsp3) is 0.542. The Kier molecular flexibility index (Phi) is 11.6. The van der Waals surface area contributed by atoms with Crippen molar-refractivity contribution in [3.05, 3.63) is 48.3 Å². The molecule has 160 valence electrons. The zero-order valence-electron chi connectivity index (χ0n) is 19.0. The summed E-state index contributed by atoms with van der Waals surface area (Å²) in [5, 5.41) is 12.1. The van der Waals surface area contributed by atoms with Gasteiger partial charge in [-0.2, -0.15) is 5.26 Å². The van der Waals surface area contributed by atoms with Gasteiger partial charge in [-0.25, -0.2) is 0 Å². The summed E-state index contributed by atoms with van der Waals surface area (Å²) in [4.78, 5) is 0. The van der Waals surface area contributed by atoms with Crippen molar-refractivity contribution in [2.24, 2.45) is 0 Å². The zero-order chi connectivity index (χ0) is 21.7. The molecule has 1 aliphatic carbocycles. The number of anilines is 1. The average molecular weight is 415 g/mol. The van der Waals surface area contributed by atoms with E-state index >= 15 is 0 Å². The third-order valence-corrected chi connectivity index (χ3v) is 5.49. The molecule has 1 fully saturated rings. The highest BCUT2D eigenvalue weighted by Crippen LogP contribution is 2.25. The standard InChI is InChI=1S/C12H11N3.C10H21NS.C2H6/c1-14-11-5-4-10(9-13)12(8-11)15-6-2-3-7-15;1-10(2,3)12-11-9-7-5-4-6-8-9;1-2/h2-8,14H,1H3;9,11H,4-8H2,1-3H3;1-2H3. The van der Waals surface area contributed by atoms with Crippen LogP contribution in [0.25, 0.3) is 5.69 Å². The van der Waals surface area contributed by atoms with Crippen LogP contribution in [0.2, 0.25) is 0 Å². The van der Waals surface area contributed by atoms with Gasteiger partial charge in [0.15, 0.2) is 0 Å². The summed E-state index contributed by atoms with van der Waals surface area (Å²) >= 11 is 1.89. The van der Waals surface area contributed by atoms with Crippen LogP contribution in [-0.2, 0) is 0 Å². The Bertz CT molecular complexity index is 720. The van der Waals surface area contributed by atoms with Crippen LogP contribution in [0.5, 0.6) is 0 Å². The van der Waals surface area contributed by atoms with E-state index < -0.39 is 0 Å². The van der Waals surface area contributed by atoms with E-state index in [1.54, 1.807) is 0 Å². The minimum Gasteiger partial charge on any atom is -0.388 e. The number of nitriles is 1. The zero-order valence-corrected chi connectivity index (χ0v) is 19.8. The number of hydrogen-bond donors (Lipinski definition) is 2. The molecule has 5 heteroatoms. The van der Waals surface area contributed by atoms with E-state index in [0.29, 0.717) is 10.3 Å². The Morgan fingerprint density at radius 2 is 1.69 bits per heavy atom. The first-order valence-electron chi connectivity index (χ1n) is 10.7. The van der Waals surface area contributed by atoms with Crippen LogP contribution in [0.1, 0.15) is 72.3 Å². The largest absolute Gasteiger partial charge is 0.388 e. The molecule has 29 heavy (non-hydrogen) atoms. The third-order valence-electron chi connectivity index (χ3n) is 4.43. The molecule has 1 saturated carbocycles. The molecule has 0 saturated heterocycles. The molecule has 0 spiro atoms. The summed E-state index contributed by atoms with van der Waals surface area (Å²) < 4.78 is 5.87. The SMILES string of the molecule is CC.CC(C)(C)SNC1CCCCC1.CNc1ccc(C#N)c(-n2cccc2)c1. The van der Waals surface area contributed by atoms with Crippen molar-refractivity contribution in [2.75, 3.05) is 12.4 Å². The molecule has 2 N–H and O–H groups in total. The summed E-state index contributed by atoms with van der Waals surface area (Å²) in [5.41, 5.74) is 2.57. The Morgan fingerprint density at radius 3 is 2.21 bits per heavy atom. The van der Waals surface area contributed by atoms with Crippen LogP contribution in [0.4, 0.5) is 5.69 Å². The van der Waals surface area contributed by atoms with Gasteiger partial charge in [-0.15, -0.1) is 0 Å². The smallest absolute Gasteiger partial charge is 0.101 e. The Morgan fingerprint density at radius 1 is 1.07 bits per heavy atom. The lowest BCUT2D eigenvalue weighted by Gasteiger charge is -2.26. The molecule has 2 aromatic rings. The van der Waals surface area contributed by atoms with Gasteiger partial charge >= 0.3 is 0 Å². The van der Waals surface area contributed by atoms with Gasteiger partial charge in [-0.1, -0.05) is 45.1 Å². The van der Waals surface area contributed by atoms with Gasteiger partial charge in [-0.05, 0) is 63.9 Å². The molecule has 1 aromatic heterocycles. The second kappa shape index (κ2) is 13.3. The van der Waals surface area contributed by atoms with E-state index in [1.807, 2.05) is 80.1 Å². The number of benzene rings is 1. The number of rotatable bonds is 4. The molecule has 4 nitrogen and oxygen atoms in total. The van der Waals surface area contributed by atoms with E-state index in [1.165, 1.54) is 32.1 Å². The minimum atomic E-state index is 0.359. The lowest BCUT2D eigenvalue weighted by atomic mass is 9.96. The summed E-state index contributed by atoms with van der Waals surface area (Å²) in [6.07, 6.45) is 10.9. The van der Waals surface area contributed by atoms with Crippen LogP contribution in [-0.4, -0.2) is 22.4 Å². The predicted molar refractivity (Wildman–Crippen MR) is 129 cm³/mol. The van der Waals surface area contributed by atoms with Crippen molar-refractivity contribution in [1.29, 1.82) is 5.26 Å². The van der Waals surface area contributed by atoms with Gasteiger partial charge < -0.3 is 9.88 Å². The minimum absolute atomic E-state index is 0.359. The maximum atomic E-state index is 9.00. The van der Waals surface area contributed by atoms with E-state index in [2.05, 4.69) is 36.9 Å². The van der Waals surface area contributed by atoms with Gasteiger partial charge in [0.25, 0.3) is 0 Å². The second-order valence-electron chi connectivity index (χ2n) is 7.85. The highest BCUT2D eigenvalue weighted by Gasteiger charge is 2.17. The molecule has 3 rings (SSSR count). The van der Waals surface area contributed by atoms with Crippen LogP contribution in [0.15, 0.2) is 42.7 Å². The van der Waals surface area contributed by atoms with Crippen molar-refractivity contribution in [3.63, 3.8) is 0 Å². The number of hydrogen-bond acceptors (Lipinski definition) is 4. The first kappa shape index (κ1) is 25.1. The van der Waals surface area contributed by atoms with E-state index in [9.17, 15) is 0 Å².